The summed E-state index contributed by atoms with van der Waals surface area (Å²) in [5.41, 5.74) is 8.11. The van der Waals surface area contributed by atoms with E-state index in [1.54, 1.807) is 0 Å². The third kappa shape index (κ3) is 3.78. The lowest BCUT2D eigenvalue weighted by atomic mass is 9.95. The van der Waals surface area contributed by atoms with Crippen LogP contribution in [0.3, 0.4) is 0 Å². The van der Waals surface area contributed by atoms with Gasteiger partial charge in [-0.25, -0.2) is 0 Å². The zero-order valence-corrected chi connectivity index (χ0v) is 13.4. The molecule has 19 heavy (non-hydrogen) atoms. The molecule has 1 atom stereocenters. The lowest BCUT2D eigenvalue weighted by molar-refractivity contribution is 0.550. The molecule has 3 heteroatoms. The summed E-state index contributed by atoms with van der Waals surface area (Å²) >= 11 is 2.31. The Bertz CT molecular complexity index is 549. The van der Waals surface area contributed by atoms with Crippen LogP contribution in [-0.4, -0.2) is 0 Å². The first-order chi connectivity index (χ1) is 9.10. The molecule has 0 aromatic heterocycles. The van der Waals surface area contributed by atoms with E-state index in [0.717, 1.165) is 6.42 Å². The van der Waals surface area contributed by atoms with Gasteiger partial charge in [0, 0.05) is 9.61 Å². The van der Waals surface area contributed by atoms with Crippen LogP contribution in [0.5, 0.6) is 0 Å². The minimum Gasteiger partial charge on any atom is -0.271 e. The number of hydrogen-bond donors (Lipinski definition) is 2. The van der Waals surface area contributed by atoms with E-state index in [4.69, 9.17) is 5.84 Å². The number of rotatable bonds is 4. The summed E-state index contributed by atoms with van der Waals surface area (Å²) in [6.07, 6.45) is 0.907. The Labute approximate surface area is 128 Å². The van der Waals surface area contributed by atoms with Crippen LogP contribution in [0.15, 0.2) is 42.5 Å². The third-order valence-corrected chi connectivity index (χ3v) is 4.12. The van der Waals surface area contributed by atoms with Crippen molar-refractivity contribution >= 4 is 22.6 Å². The van der Waals surface area contributed by atoms with Gasteiger partial charge in [0.15, 0.2) is 0 Å². The van der Waals surface area contributed by atoms with Gasteiger partial charge < -0.3 is 0 Å². The van der Waals surface area contributed by atoms with Crippen molar-refractivity contribution in [3.63, 3.8) is 0 Å². The Morgan fingerprint density at radius 1 is 1.11 bits per heavy atom. The predicted molar refractivity (Wildman–Crippen MR) is 88.8 cm³/mol. The lowest BCUT2D eigenvalue weighted by Crippen LogP contribution is -2.29. The van der Waals surface area contributed by atoms with Crippen molar-refractivity contribution < 1.29 is 0 Å². The Kier molecular flexibility index (Phi) is 4.96. The van der Waals surface area contributed by atoms with Crippen LogP contribution >= 0.6 is 22.6 Å². The first kappa shape index (κ1) is 14.5. The summed E-state index contributed by atoms with van der Waals surface area (Å²) < 4.78 is 1.24. The van der Waals surface area contributed by atoms with Gasteiger partial charge in [0.2, 0.25) is 0 Å². The average Bonchev–Trinajstić information content (AvgIpc) is 2.41. The Morgan fingerprint density at radius 2 is 1.79 bits per heavy atom. The van der Waals surface area contributed by atoms with Gasteiger partial charge in [-0.2, -0.15) is 0 Å². The van der Waals surface area contributed by atoms with Gasteiger partial charge in [0.1, 0.15) is 0 Å². The molecular formula is C16H19IN2. The van der Waals surface area contributed by atoms with Crippen LogP contribution in [0.2, 0.25) is 0 Å². The quantitative estimate of drug-likeness (QED) is 0.493. The van der Waals surface area contributed by atoms with Crippen molar-refractivity contribution in [2.24, 2.45) is 5.84 Å². The lowest BCUT2D eigenvalue weighted by Gasteiger charge is -2.18. The minimum atomic E-state index is 0.150. The van der Waals surface area contributed by atoms with Crippen LogP contribution in [0.25, 0.3) is 0 Å². The smallest absolute Gasteiger partial charge is 0.0500 e. The summed E-state index contributed by atoms with van der Waals surface area (Å²) in [5, 5.41) is 0. The molecule has 0 aliphatic heterocycles. The van der Waals surface area contributed by atoms with E-state index in [-0.39, 0.29) is 6.04 Å². The predicted octanol–water partition coefficient (Wildman–Crippen LogP) is 3.66. The summed E-state index contributed by atoms with van der Waals surface area (Å²) in [5.74, 6) is 5.73. The summed E-state index contributed by atoms with van der Waals surface area (Å²) in [6.45, 7) is 4.27. The first-order valence-corrected chi connectivity index (χ1v) is 7.45. The maximum atomic E-state index is 5.73. The zero-order chi connectivity index (χ0) is 13.8. The largest absolute Gasteiger partial charge is 0.271 e. The van der Waals surface area contributed by atoms with Gasteiger partial charge in [-0.05, 0) is 71.7 Å². The van der Waals surface area contributed by atoms with Gasteiger partial charge in [0.05, 0.1) is 0 Å². The fraction of sp³-hybridized carbons (Fsp3) is 0.250. The minimum absolute atomic E-state index is 0.150. The van der Waals surface area contributed by atoms with Crippen molar-refractivity contribution in [1.29, 1.82) is 0 Å². The topological polar surface area (TPSA) is 38.0 Å². The molecule has 2 nitrogen and oxygen atoms in total. The van der Waals surface area contributed by atoms with Gasteiger partial charge in [0.25, 0.3) is 0 Å². The molecule has 0 heterocycles. The maximum Gasteiger partial charge on any atom is 0.0500 e. The van der Waals surface area contributed by atoms with E-state index in [9.17, 15) is 0 Å². The van der Waals surface area contributed by atoms with E-state index in [1.807, 2.05) is 0 Å². The molecule has 3 N–H and O–H groups in total. The number of aryl methyl sites for hydroxylation is 2. The molecule has 0 spiro atoms. The molecule has 0 aliphatic rings. The number of halogens is 1. The van der Waals surface area contributed by atoms with E-state index in [0.29, 0.717) is 0 Å². The number of benzene rings is 2. The fourth-order valence-corrected chi connectivity index (χ4v) is 2.57. The van der Waals surface area contributed by atoms with Crippen LogP contribution in [0, 0.1) is 17.4 Å². The first-order valence-electron chi connectivity index (χ1n) is 6.38. The summed E-state index contributed by atoms with van der Waals surface area (Å²) in [4.78, 5) is 0. The fourth-order valence-electron chi connectivity index (χ4n) is 2.21. The SMILES string of the molecule is Cc1ccc(C)c(CC(NN)c2ccc(I)cc2)c1. The number of nitrogens with two attached hydrogens (primary N) is 1. The van der Waals surface area contributed by atoms with E-state index < -0.39 is 0 Å². The molecule has 0 aliphatic carbocycles. The van der Waals surface area contributed by atoms with Gasteiger partial charge >= 0.3 is 0 Å². The zero-order valence-electron chi connectivity index (χ0n) is 11.3. The molecule has 2 aromatic rings. The molecule has 0 radical (unpaired) electrons. The second-order valence-corrected chi connectivity index (χ2v) is 6.15. The summed E-state index contributed by atoms with van der Waals surface area (Å²) in [6, 6.07) is 15.2. The van der Waals surface area contributed by atoms with Crippen molar-refractivity contribution in [3.8, 4) is 0 Å². The normalized spacial score (nSPS) is 12.4. The Morgan fingerprint density at radius 3 is 2.42 bits per heavy atom. The number of nitrogens with one attached hydrogen (secondary N) is 1. The highest BCUT2D eigenvalue weighted by Gasteiger charge is 2.12. The second kappa shape index (κ2) is 6.50. The molecule has 0 saturated carbocycles. The van der Waals surface area contributed by atoms with E-state index in [1.165, 1.54) is 25.8 Å². The second-order valence-electron chi connectivity index (χ2n) is 4.90. The van der Waals surface area contributed by atoms with Crippen molar-refractivity contribution in [2.75, 3.05) is 0 Å². The highest BCUT2D eigenvalue weighted by atomic mass is 127. The van der Waals surface area contributed by atoms with E-state index in [2.05, 4.69) is 84.3 Å². The standard InChI is InChI=1S/C16H19IN2/c1-11-3-4-12(2)14(9-11)10-16(19-18)13-5-7-15(17)8-6-13/h3-9,16,19H,10,18H2,1-2H3. The maximum absolute atomic E-state index is 5.73. The number of hydrogen-bond acceptors (Lipinski definition) is 2. The molecule has 2 rings (SSSR count). The Balaban J connectivity index is 2.23. The van der Waals surface area contributed by atoms with Crippen LogP contribution in [-0.2, 0) is 6.42 Å². The average molecular weight is 366 g/mol. The van der Waals surface area contributed by atoms with Crippen LogP contribution in [0.4, 0.5) is 0 Å². The molecule has 100 valence electrons. The number of hydrazine groups is 1. The van der Waals surface area contributed by atoms with Crippen molar-refractivity contribution in [1.82, 2.24) is 5.43 Å². The van der Waals surface area contributed by atoms with Crippen LogP contribution < -0.4 is 11.3 Å². The molecule has 0 fully saturated rings. The monoisotopic (exact) mass is 366 g/mol. The summed E-state index contributed by atoms with van der Waals surface area (Å²) in [7, 11) is 0. The molecule has 2 aromatic carbocycles. The van der Waals surface area contributed by atoms with E-state index >= 15 is 0 Å². The molecule has 0 bridgehead atoms. The highest BCUT2D eigenvalue weighted by molar-refractivity contribution is 14.1. The molecule has 0 saturated heterocycles. The van der Waals surface area contributed by atoms with Crippen LogP contribution in [0.1, 0.15) is 28.3 Å². The van der Waals surface area contributed by atoms with Gasteiger partial charge in [-0.1, -0.05) is 35.9 Å². The van der Waals surface area contributed by atoms with Crippen molar-refractivity contribution in [2.45, 2.75) is 26.3 Å². The highest BCUT2D eigenvalue weighted by Crippen LogP contribution is 2.21. The third-order valence-electron chi connectivity index (χ3n) is 3.40. The van der Waals surface area contributed by atoms with Gasteiger partial charge in [-0.15, -0.1) is 0 Å². The Hall–Kier alpha value is -0.910. The van der Waals surface area contributed by atoms with Gasteiger partial charge in [-0.3, -0.25) is 11.3 Å². The molecular weight excluding hydrogens is 347 g/mol. The molecule has 1 unspecified atom stereocenters. The molecule has 0 amide bonds. The van der Waals surface area contributed by atoms with Crippen molar-refractivity contribution in [3.05, 3.63) is 68.3 Å².